The number of amides is 1. The largest absolute Gasteiger partial charge is 0.396 e. The van der Waals surface area contributed by atoms with E-state index in [0.717, 1.165) is 18.5 Å². The molecule has 0 bridgehead atoms. The minimum Gasteiger partial charge on any atom is -0.396 e. The molecule has 1 amide bonds. The molecule has 0 saturated heterocycles. The molecule has 1 unspecified atom stereocenters. The summed E-state index contributed by atoms with van der Waals surface area (Å²) in [5.74, 6) is 0.407. The summed E-state index contributed by atoms with van der Waals surface area (Å²) < 4.78 is 1.69. The van der Waals surface area contributed by atoms with Crippen molar-refractivity contribution in [1.82, 2.24) is 15.1 Å². The van der Waals surface area contributed by atoms with Crippen molar-refractivity contribution in [1.29, 1.82) is 0 Å². The van der Waals surface area contributed by atoms with Crippen LogP contribution in [0.1, 0.15) is 29.6 Å². The molecule has 21 heavy (non-hydrogen) atoms. The van der Waals surface area contributed by atoms with Gasteiger partial charge in [0.15, 0.2) is 0 Å². The Bertz CT molecular complexity index is 606. The average molecular weight is 285 g/mol. The van der Waals surface area contributed by atoms with Gasteiger partial charge >= 0.3 is 0 Å². The molecule has 2 aromatic rings. The summed E-state index contributed by atoms with van der Waals surface area (Å²) in [4.78, 5) is 12.5. The highest BCUT2D eigenvalue weighted by atomic mass is 16.3. The molecule has 1 atom stereocenters. The smallest absolute Gasteiger partial charge is 0.253 e. The first-order chi connectivity index (χ1) is 10.3. The van der Waals surface area contributed by atoms with Crippen molar-refractivity contribution >= 4 is 5.91 Å². The number of aliphatic hydroxyl groups excluding tert-OH is 1. The monoisotopic (exact) mass is 285 g/mol. The Hall–Kier alpha value is -2.14. The molecule has 1 aromatic heterocycles. The highest BCUT2D eigenvalue weighted by Crippen LogP contribution is 2.34. The van der Waals surface area contributed by atoms with Crippen LogP contribution in [-0.4, -0.2) is 33.4 Å². The molecule has 1 aliphatic carbocycles. The minimum atomic E-state index is -0.105. The van der Waals surface area contributed by atoms with E-state index in [1.807, 2.05) is 30.5 Å². The number of aliphatic hydroxyl groups is 1. The van der Waals surface area contributed by atoms with Crippen molar-refractivity contribution < 1.29 is 9.90 Å². The number of hydrogen-bond acceptors (Lipinski definition) is 3. The van der Waals surface area contributed by atoms with Crippen molar-refractivity contribution in [3.8, 4) is 5.69 Å². The summed E-state index contributed by atoms with van der Waals surface area (Å²) in [5.41, 5.74) is 1.36. The Morgan fingerprint density at radius 1 is 1.38 bits per heavy atom. The summed E-state index contributed by atoms with van der Waals surface area (Å²) in [6.07, 6.45) is 6.38. The van der Waals surface area contributed by atoms with Gasteiger partial charge in [-0.1, -0.05) is 12.1 Å². The predicted molar refractivity (Wildman–Crippen MR) is 79.2 cm³/mol. The van der Waals surface area contributed by atoms with E-state index in [0.29, 0.717) is 17.9 Å². The van der Waals surface area contributed by atoms with Gasteiger partial charge in [-0.2, -0.15) is 5.10 Å². The molecular weight excluding hydrogens is 266 g/mol. The number of para-hydroxylation sites is 1. The lowest BCUT2D eigenvalue weighted by Gasteiger charge is -2.18. The van der Waals surface area contributed by atoms with Crippen LogP contribution in [0, 0.1) is 5.92 Å². The van der Waals surface area contributed by atoms with E-state index >= 15 is 0 Å². The van der Waals surface area contributed by atoms with Gasteiger partial charge in [-0.05, 0) is 43.4 Å². The third-order valence-electron chi connectivity index (χ3n) is 3.85. The predicted octanol–water partition coefficient (Wildman–Crippen LogP) is 1.76. The number of carbonyl (C=O) groups excluding carboxylic acids is 1. The van der Waals surface area contributed by atoms with Gasteiger partial charge in [-0.25, -0.2) is 4.68 Å². The van der Waals surface area contributed by atoms with E-state index in [4.69, 9.17) is 5.11 Å². The molecule has 110 valence electrons. The molecular formula is C16H19N3O2. The van der Waals surface area contributed by atoms with Gasteiger partial charge in [0, 0.05) is 25.0 Å². The highest BCUT2D eigenvalue weighted by Gasteiger charge is 2.32. The molecule has 0 spiro atoms. The number of hydrogen-bond donors (Lipinski definition) is 2. The fraction of sp³-hybridized carbons (Fsp3) is 0.375. The van der Waals surface area contributed by atoms with Crippen molar-refractivity contribution in [2.24, 2.45) is 5.92 Å². The molecule has 0 radical (unpaired) electrons. The Morgan fingerprint density at radius 3 is 2.86 bits per heavy atom. The summed E-state index contributed by atoms with van der Waals surface area (Å²) in [6, 6.07) is 9.30. The minimum absolute atomic E-state index is 0.0631. The fourth-order valence-corrected chi connectivity index (χ4v) is 2.59. The summed E-state index contributed by atoms with van der Waals surface area (Å²) in [5, 5.41) is 16.4. The normalized spacial score (nSPS) is 15.7. The van der Waals surface area contributed by atoms with Crippen LogP contribution in [0.25, 0.3) is 5.69 Å². The SMILES string of the molecule is O=C(NC(CCO)C1CC1)c1ccccc1-n1cccn1. The van der Waals surface area contributed by atoms with Gasteiger partial charge in [0.2, 0.25) is 0 Å². The fourth-order valence-electron chi connectivity index (χ4n) is 2.59. The molecule has 1 saturated carbocycles. The second-order valence-electron chi connectivity index (χ2n) is 5.40. The molecule has 2 N–H and O–H groups in total. The summed E-state index contributed by atoms with van der Waals surface area (Å²) in [7, 11) is 0. The van der Waals surface area contributed by atoms with E-state index in [2.05, 4.69) is 10.4 Å². The van der Waals surface area contributed by atoms with Crippen molar-refractivity contribution in [2.75, 3.05) is 6.61 Å². The Kier molecular flexibility index (Phi) is 4.01. The van der Waals surface area contributed by atoms with Gasteiger partial charge in [0.1, 0.15) is 0 Å². The number of benzene rings is 1. The first-order valence-corrected chi connectivity index (χ1v) is 7.30. The Balaban J connectivity index is 1.81. The van der Waals surface area contributed by atoms with Crippen LogP contribution < -0.4 is 5.32 Å². The lowest BCUT2D eigenvalue weighted by Crippen LogP contribution is -2.37. The van der Waals surface area contributed by atoms with Gasteiger partial charge in [-0.15, -0.1) is 0 Å². The maximum Gasteiger partial charge on any atom is 0.253 e. The van der Waals surface area contributed by atoms with E-state index in [1.165, 1.54) is 0 Å². The zero-order valence-corrected chi connectivity index (χ0v) is 11.8. The van der Waals surface area contributed by atoms with Gasteiger partial charge in [0.25, 0.3) is 5.91 Å². The van der Waals surface area contributed by atoms with Gasteiger partial charge < -0.3 is 10.4 Å². The Morgan fingerprint density at radius 2 is 2.19 bits per heavy atom. The average Bonchev–Trinajstić information content (AvgIpc) is 3.21. The second-order valence-corrected chi connectivity index (χ2v) is 5.40. The van der Waals surface area contributed by atoms with E-state index < -0.39 is 0 Å². The lowest BCUT2D eigenvalue weighted by molar-refractivity contribution is 0.0924. The molecule has 1 aliphatic rings. The van der Waals surface area contributed by atoms with Crippen LogP contribution in [-0.2, 0) is 0 Å². The van der Waals surface area contributed by atoms with Gasteiger partial charge in [-0.3, -0.25) is 4.79 Å². The zero-order chi connectivity index (χ0) is 14.7. The summed E-state index contributed by atoms with van der Waals surface area (Å²) in [6.45, 7) is 0.0995. The van der Waals surface area contributed by atoms with E-state index in [9.17, 15) is 4.79 Å². The summed E-state index contributed by atoms with van der Waals surface area (Å²) >= 11 is 0. The molecule has 1 heterocycles. The number of rotatable bonds is 6. The molecule has 1 fully saturated rings. The number of carbonyl (C=O) groups is 1. The van der Waals surface area contributed by atoms with Crippen LogP contribution in [0.2, 0.25) is 0 Å². The number of nitrogens with one attached hydrogen (secondary N) is 1. The van der Waals surface area contributed by atoms with E-state index in [1.54, 1.807) is 16.9 Å². The number of nitrogens with zero attached hydrogens (tertiary/aromatic N) is 2. The third-order valence-corrected chi connectivity index (χ3v) is 3.85. The zero-order valence-electron chi connectivity index (χ0n) is 11.8. The first-order valence-electron chi connectivity index (χ1n) is 7.30. The van der Waals surface area contributed by atoms with Crippen LogP contribution in [0.15, 0.2) is 42.7 Å². The molecule has 0 aliphatic heterocycles. The van der Waals surface area contributed by atoms with Crippen LogP contribution in [0.5, 0.6) is 0 Å². The van der Waals surface area contributed by atoms with Crippen LogP contribution in [0.3, 0.4) is 0 Å². The number of aromatic nitrogens is 2. The lowest BCUT2D eigenvalue weighted by atomic mass is 10.1. The van der Waals surface area contributed by atoms with Crippen LogP contribution in [0.4, 0.5) is 0 Å². The second kappa shape index (κ2) is 6.10. The first kappa shape index (κ1) is 13.8. The molecule has 3 rings (SSSR count). The van der Waals surface area contributed by atoms with E-state index in [-0.39, 0.29) is 18.6 Å². The topological polar surface area (TPSA) is 67.2 Å². The van der Waals surface area contributed by atoms with Crippen molar-refractivity contribution in [3.05, 3.63) is 48.3 Å². The quantitative estimate of drug-likeness (QED) is 0.850. The van der Waals surface area contributed by atoms with Gasteiger partial charge in [0.05, 0.1) is 11.3 Å². The maximum absolute atomic E-state index is 12.5. The molecule has 1 aromatic carbocycles. The van der Waals surface area contributed by atoms with Crippen LogP contribution >= 0.6 is 0 Å². The Labute approximate surface area is 123 Å². The highest BCUT2D eigenvalue weighted by molar-refractivity contribution is 5.97. The van der Waals surface area contributed by atoms with Crippen molar-refractivity contribution in [2.45, 2.75) is 25.3 Å². The third kappa shape index (κ3) is 3.13. The maximum atomic E-state index is 12.5. The van der Waals surface area contributed by atoms with Crippen molar-refractivity contribution in [3.63, 3.8) is 0 Å². The molecule has 5 heteroatoms. The standard InChI is InChI=1S/C16H19N3O2/c20-11-8-14(12-6-7-12)18-16(21)13-4-1-2-5-15(13)19-10-3-9-17-19/h1-5,9-10,12,14,20H,6-8,11H2,(H,18,21). The molecule has 5 nitrogen and oxygen atoms in total.